The minimum atomic E-state index is -0.471. The van der Waals surface area contributed by atoms with Crippen molar-refractivity contribution in [3.63, 3.8) is 0 Å². The third kappa shape index (κ3) is 5.43. The number of hydrogen-bond donors (Lipinski definition) is 0. The summed E-state index contributed by atoms with van der Waals surface area (Å²) in [4.78, 5) is 24.2. The van der Waals surface area contributed by atoms with Gasteiger partial charge in [0.15, 0.2) is 5.78 Å². The molecule has 0 aromatic heterocycles. The van der Waals surface area contributed by atoms with E-state index in [1.165, 1.54) is 6.08 Å². The SMILES string of the molecule is C=C/C(=C\C=C/C)C(=O)Oc1ccc(CC(=O)c2ccccc2)cc1. The number of carbonyl (C=O) groups excluding carboxylic acids is 2. The molecule has 25 heavy (non-hydrogen) atoms. The zero-order valence-corrected chi connectivity index (χ0v) is 14.1. The molecule has 0 aliphatic heterocycles. The molecule has 2 aromatic carbocycles. The predicted octanol–water partition coefficient (Wildman–Crippen LogP) is 4.71. The van der Waals surface area contributed by atoms with Crippen molar-refractivity contribution in [2.75, 3.05) is 0 Å². The molecule has 3 nitrogen and oxygen atoms in total. The fraction of sp³-hybridized carbons (Fsp3) is 0.0909. The van der Waals surface area contributed by atoms with Gasteiger partial charge in [-0.3, -0.25) is 4.79 Å². The van der Waals surface area contributed by atoms with Crippen LogP contribution < -0.4 is 4.74 Å². The molecule has 0 atom stereocenters. The fourth-order valence-electron chi connectivity index (χ4n) is 2.17. The lowest BCUT2D eigenvalue weighted by molar-refractivity contribution is -0.129. The molecule has 0 saturated carbocycles. The lowest BCUT2D eigenvalue weighted by Crippen LogP contribution is -2.10. The van der Waals surface area contributed by atoms with Crippen molar-refractivity contribution < 1.29 is 14.3 Å². The number of ketones is 1. The van der Waals surface area contributed by atoms with Crippen LogP contribution in [0.5, 0.6) is 5.75 Å². The molecule has 0 heterocycles. The number of carbonyl (C=O) groups is 2. The highest BCUT2D eigenvalue weighted by molar-refractivity contribution is 5.97. The van der Waals surface area contributed by atoms with Gasteiger partial charge in [0.25, 0.3) is 0 Å². The summed E-state index contributed by atoms with van der Waals surface area (Å²) in [6.07, 6.45) is 6.96. The molecule has 0 bridgehead atoms. The molecule has 0 aliphatic rings. The quantitative estimate of drug-likeness (QED) is 0.242. The van der Waals surface area contributed by atoms with Crippen LogP contribution in [-0.2, 0) is 11.2 Å². The first-order chi connectivity index (χ1) is 12.1. The molecule has 0 unspecified atom stereocenters. The average Bonchev–Trinajstić information content (AvgIpc) is 2.64. The Morgan fingerprint density at radius 3 is 2.32 bits per heavy atom. The van der Waals surface area contributed by atoms with Crippen LogP contribution >= 0.6 is 0 Å². The summed E-state index contributed by atoms with van der Waals surface area (Å²) < 4.78 is 5.31. The van der Waals surface area contributed by atoms with E-state index in [-0.39, 0.29) is 5.78 Å². The maximum absolute atomic E-state index is 12.2. The molecule has 3 heteroatoms. The summed E-state index contributed by atoms with van der Waals surface area (Å²) in [6.45, 7) is 5.47. The van der Waals surface area contributed by atoms with Gasteiger partial charge in [-0.1, -0.05) is 67.3 Å². The zero-order chi connectivity index (χ0) is 18.1. The number of Topliss-reactive ketones (excluding diaryl/α,β-unsaturated/α-hetero) is 1. The molecule has 0 amide bonds. The van der Waals surface area contributed by atoms with E-state index in [4.69, 9.17) is 4.74 Å². The van der Waals surface area contributed by atoms with E-state index < -0.39 is 5.97 Å². The van der Waals surface area contributed by atoms with Crippen molar-refractivity contribution >= 4 is 11.8 Å². The highest BCUT2D eigenvalue weighted by atomic mass is 16.5. The molecule has 126 valence electrons. The Labute approximate surface area is 148 Å². The second kappa shape index (κ2) is 9.18. The van der Waals surface area contributed by atoms with Gasteiger partial charge in [-0.2, -0.15) is 0 Å². The van der Waals surface area contributed by atoms with Crippen molar-refractivity contribution in [1.29, 1.82) is 0 Å². The third-order valence-electron chi connectivity index (χ3n) is 3.52. The van der Waals surface area contributed by atoms with Crippen molar-refractivity contribution in [2.45, 2.75) is 13.3 Å². The zero-order valence-electron chi connectivity index (χ0n) is 14.1. The molecule has 0 N–H and O–H groups in total. The third-order valence-corrected chi connectivity index (χ3v) is 3.52. The van der Waals surface area contributed by atoms with Crippen molar-refractivity contribution in [3.05, 3.63) is 102 Å². The van der Waals surface area contributed by atoms with E-state index in [1.807, 2.05) is 31.2 Å². The maximum Gasteiger partial charge on any atom is 0.343 e. The fourth-order valence-corrected chi connectivity index (χ4v) is 2.17. The Bertz CT molecular complexity index is 797. The smallest absolute Gasteiger partial charge is 0.343 e. The number of ether oxygens (including phenoxy) is 1. The summed E-state index contributed by atoms with van der Waals surface area (Å²) >= 11 is 0. The number of esters is 1. The van der Waals surface area contributed by atoms with Crippen molar-refractivity contribution in [1.82, 2.24) is 0 Å². The number of benzene rings is 2. The van der Waals surface area contributed by atoms with Crippen molar-refractivity contribution in [2.24, 2.45) is 0 Å². The van der Waals surface area contributed by atoms with Crippen LogP contribution in [0.15, 0.2) is 91.1 Å². The van der Waals surface area contributed by atoms with Gasteiger partial charge in [-0.15, -0.1) is 0 Å². The number of hydrogen-bond acceptors (Lipinski definition) is 3. The number of rotatable bonds is 7. The van der Waals surface area contributed by atoms with Crippen LogP contribution in [0.1, 0.15) is 22.8 Å². The van der Waals surface area contributed by atoms with Gasteiger partial charge < -0.3 is 4.74 Å². The first-order valence-electron chi connectivity index (χ1n) is 7.99. The molecule has 2 rings (SSSR count). The Hall–Kier alpha value is -3.20. The van der Waals surface area contributed by atoms with Gasteiger partial charge >= 0.3 is 5.97 Å². The second-order valence-corrected chi connectivity index (χ2v) is 5.35. The lowest BCUT2D eigenvalue weighted by Gasteiger charge is -2.06. The lowest BCUT2D eigenvalue weighted by atomic mass is 10.0. The minimum Gasteiger partial charge on any atom is -0.423 e. The van der Waals surface area contributed by atoms with Crippen molar-refractivity contribution in [3.8, 4) is 5.75 Å². The molecular formula is C22H20O3. The van der Waals surface area contributed by atoms with Crippen LogP contribution in [0, 0.1) is 0 Å². The summed E-state index contributed by atoms with van der Waals surface area (Å²) in [6, 6.07) is 16.1. The van der Waals surface area contributed by atoms with Gasteiger partial charge in [-0.25, -0.2) is 4.79 Å². The second-order valence-electron chi connectivity index (χ2n) is 5.35. The van der Waals surface area contributed by atoms with Crippen LogP contribution in [0.2, 0.25) is 0 Å². The highest BCUT2D eigenvalue weighted by Crippen LogP contribution is 2.16. The van der Waals surface area contributed by atoms with E-state index in [2.05, 4.69) is 6.58 Å². The first kappa shape index (κ1) is 18.1. The van der Waals surface area contributed by atoms with E-state index in [0.717, 1.165) is 5.56 Å². The summed E-state index contributed by atoms with van der Waals surface area (Å²) in [5.41, 5.74) is 1.92. The molecule has 2 aromatic rings. The van der Waals surface area contributed by atoms with Gasteiger partial charge in [0.1, 0.15) is 5.75 Å². The highest BCUT2D eigenvalue weighted by Gasteiger charge is 2.10. The van der Waals surface area contributed by atoms with Gasteiger partial charge in [-0.05, 0) is 30.7 Å². The molecular weight excluding hydrogens is 312 g/mol. The van der Waals surface area contributed by atoms with E-state index in [0.29, 0.717) is 23.3 Å². The molecule has 0 saturated heterocycles. The Morgan fingerprint density at radius 2 is 1.72 bits per heavy atom. The average molecular weight is 332 g/mol. The maximum atomic E-state index is 12.2. The molecule has 0 spiro atoms. The molecule has 0 radical (unpaired) electrons. The predicted molar refractivity (Wildman–Crippen MR) is 99.6 cm³/mol. The summed E-state index contributed by atoms with van der Waals surface area (Å²) in [5.74, 6) is 0.00363. The summed E-state index contributed by atoms with van der Waals surface area (Å²) in [5, 5.41) is 0. The monoisotopic (exact) mass is 332 g/mol. The van der Waals surface area contributed by atoms with Gasteiger partial charge in [0.2, 0.25) is 0 Å². The van der Waals surface area contributed by atoms with E-state index >= 15 is 0 Å². The Morgan fingerprint density at radius 1 is 1.04 bits per heavy atom. The van der Waals surface area contributed by atoms with Gasteiger partial charge in [0, 0.05) is 12.0 Å². The molecule has 0 aliphatic carbocycles. The van der Waals surface area contributed by atoms with Crippen LogP contribution in [0.3, 0.4) is 0 Å². The standard InChI is InChI=1S/C22H20O3/c1-3-5-9-18(4-2)22(24)25-20-14-12-17(13-15-20)16-21(23)19-10-7-6-8-11-19/h3-15H,2,16H2,1H3/b5-3-,18-9+. The largest absolute Gasteiger partial charge is 0.423 e. The van der Waals surface area contributed by atoms with Crippen LogP contribution in [0.4, 0.5) is 0 Å². The van der Waals surface area contributed by atoms with E-state index in [1.54, 1.807) is 48.6 Å². The van der Waals surface area contributed by atoms with E-state index in [9.17, 15) is 9.59 Å². The Balaban J connectivity index is 2.01. The topological polar surface area (TPSA) is 43.4 Å². The Kier molecular flexibility index (Phi) is 6.66. The first-order valence-corrected chi connectivity index (χ1v) is 7.99. The van der Waals surface area contributed by atoms with Crippen LogP contribution in [0.25, 0.3) is 0 Å². The molecule has 0 fully saturated rings. The normalized spacial score (nSPS) is 11.3. The summed E-state index contributed by atoms with van der Waals surface area (Å²) in [7, 11) is 0. The minimum absolute atomic E-state index is 0.0496. The van der Waals surface area contributed by atoms with Gasteiger partial charge in [0.05, 0.1) is 5.57 Å². The van der Waals surface area contributed by atoms with Crippen LogP contribution in [-0.4, -0.2) is 11.8 Å². The number of allylic oxidation sites excluding steroid dienone is 3.